The fourth-order valence-corrected chi connectivity index (χ4v) is 3.98. The lowest BCUT2D eigenvalue weighted by Gasteiger charge is -2.37. The number of hydrogen-bond acceptors (Lipinski definition) is 4. The van der Waals surface area contributed by atoms with Gasteiger partial charge in [-0.1, -0.05) is 13.8 Å². The topological polar surface area (TPSA) is 33.7 Å². The second kappa shape index (κ2) is 7.74. The molecule has 5 unspecified atom stereocenters. The normalized spacial score (nSPS) is 39.3. The average Bonchev–Trinajstić information content (AvgIpc) is 2.84. The lowest BCUT2D eigenvalue weighted by molar-refractivity contribution is -0.00461. The summed E-state index contributed by atoms with van der Waals surface area (Å²) in [6, 6.07) is 0.693. The first-order chi connectivity index (χ1) is 9.67. The maximum atomic E-state index is 5.55. The molecule has 0 aromatic rings. The van der Waals surface area contributed by atoms with E-state index in [-0.39, 0.29) is 12.2 Å². The first-order valence-corrected chi connectivity index (χ1v) is 8.19. The van der Waals surface area contributed by atoms with Crippen LogP contribution in [-0.2, 0) is 9.47 Å². The highest BCUT2D eigenvalue weighted by atomic mass is 16.5. The number of hydrogen-bond donors (Lipinski definition) is 1. The fraction of sp³-hybridized carbons (Fsp3) is 1.00. The van der Waals surface area contributed by atoms with Crippen molar-refractivity contribution < 1.29 is 9.47 Å². The van der Waals surface area contributed by atoms with Gasteiger partial charge in [-0.25, -0.2) is 0 Å². The summed E-state index contributed by atoms with van der Waals surface area (Å²) in [5, 5.41) is 3.69. The fourth-order valence-electron chi connectivity index (χ4n) is 3.98. The van der Waals surface area contributed by atoms with Crippen LogP contribution in [0, 0.1) is 11.8 Å². The van der Waals surface area contributed by atoms with Crippen LogP contribution < -0.4 is 5.32 Å². The molecule has 1 saturated carbocycles. The van der Waals surface area contributed by atoms with Gasteiger partial charge in [0.1, 0.15) is 0 Å². The number of nitrogens with one attached hydrogen (secondary N) is 1. The van der Waals surface area contributed by atoms with E-state index in [0.29, 0.717) is 6.04 Å². The van der Waals surface area contributed by atoms with Gasteiger partial charge >= 0.3 is 0 Å². The summed E-state index contributed by atoms with van der Waals surface area (Å²) in [5.74, 6) is 1.64. The molecule has 1 aliphatic heterocycles. The third-order valence-corrected chi connectivity index (χ3v) is 5.10. The monoisotopic (exact) mass is 284 g/mol. The Morgan fingerprint density at radius 3 is 2.30 bits per heavy atom. The van der Waals surface area contributed by atoms with Crippen LogP contribution >= 0.6 is 0 Å². The van der Waals surface area contributed by atoms with E-state index in [4.69, 9.17) is 9.47 Å². The van der Waals surface area contributed by atoms with Crippen molar-refractivity contribution >= 4 is 0 Å². The minimum Gasteiger partial charge on any atom is -0.377 e. The van der Waals surface area contributed by atoms with Crippen molar-refractivity contribution in [2.24, 2.45) is 11.8 Å². The molecule has 2 fully saturated rings. The standard InChI is InChI=1S/C16H32N2O2/c1-5-17-14-7-6-12(2)8-13(14)9-18-10-15(19-3)16(11-18)20-4/h12-17H,5-11H2,1-4H3. The molecule has 0 radical (unpaired) electrons. The van der Waals surface area contributed by atoms with Gasteiger partial charge in [0.2, 0.25) is 0 Å². The maximum Gasteiger partial charge on any atom is 0.0971 e. The molecule has 0 aromatic carbocycles. The van der Waals surface area contributed by atoms with E-state index in [1.165, 1.54) is 25.8 Å². The van der Waals surface area contributed by atoms with E-state index >= 15 is 0 Å². The summed E-state index contributed by atoms with van der Waals surface area (Å²) in [5.41, 5.74) is 0. The van der Waals surface area contributed by atoms with E-state index in [2.05, 4.69) is 24.1 Å². The Kier molecular flexibility index (Phi) is 6.27. The van der Waals surface area contributed by atoms with Gasteiger partial charge in [0, 0.05) is 39.9 Å². The first-order valence-electron chi connectivity index (χ1n) is 8.19. The number of rotatable bonds is 6. The highest BCUT2D eigenvalue weighted by Crippen LogP contribution is 2.31. The molecule has 20 heavy (non-hydrogen) atoms. The zero-order valence-electron chi connectivity index (χ0n) is 13.6. The van der Waals surface area contributed by atoms with Gasteiger partial charge in [-0.15, -0.1) is 0 Å². The summed E-state index contributed by atoms with van der Waals surface area (Å²) in [7, 11) is 3.59. The lowest BCUT2D eigenvalue weighted by Crippen LogP contribution is -2.45. The van der Waals surface area contributed by atoms with Crippen LogP contribution in [-0.4, -0.2) is 63.5 Å². The molecule has 0 amide bonds. The van der Waals surface area contributed by atoms with Crippen molar-refractivity contribution in [3.63, 3.8) is 0 Å². The summed E-state index contributed by atoms with van der Waals surface area (Å²) >= 11 is 0. The molecule has 0 bridgehead atoms. The van der Waals surface area contributed by atoms with Gasteiger partial charge in [0.05, 0.1) is 12.2 Å². The SMILES string of the molecule is CCNC1CCC(C)CC1CN1CC(OC)C(OC)C1. The average molecular weight is 284 g/mol. The number of nitrogens with zero attached hydrogens (tertiary/aromatic N) is 1. The molecule has 1 saturated heterocycles. The molecule has 2 rings (SSSR count). The molecule has 1 heterocycles. The highest BCUT2D eigenvalue weighted by molar-refractivity contribution is 4.90. The predicted molar refractivity (Wildman–Crippen MR) is 82.0 cm³/mol. The molecular weight excluding hydrogens is 252 g/mol. The second-order valence-electron chi connectivity index (χ2n) is 6.61. The lowest BCUT2D eigenvalue weighted by atomic mass is 9.78. The third-order valence-electron chi connectivity index (χ3n) is 5.10. The Morgan fingerprint density at radius 2 is 1.75 bits per heavy atom. The maximum absolute atomic E-state index is 5.55. The molecular formula is C16H32N2O2. The Labute approximate surface area is 124 Å². The van der Waals surface area contributed by atoms with Crippen molar-refractivity contribution in [3.8, 4) is 0 Å². The Hall–Kier alpha value is -0.160. The molecule has 1 N–H and O–H groups in total. The smallest absolute Gasteiger partial charge is 0.0971 e. The molecule has 1 aliphatic carbocycles. The molecule has 4 nitrogen and oxygen atoms in total. The highest BCUT2D eigenvalue weighted by Gasteiger charge is 2.36. The second-order valence-corrected chi connectivity index (χ2v) is 6.61. The number of methoxy groups -OCH3 is 2. The van der Waals surface area contributed by atoms with Crippen molar-refractivity contribution in [1.29, 1.82) is 0 Å². The minimum absolute atomic E-state index is 0.235. The van der Waals surface area contributed by atoms with Crippen molar-refractivity contribution in [1.82, 2.24) is 10.2 Å². The Balaban J connectivity index is 1.90. The van der Waals surface area contributed by atoms with Crippen LogP contribution in [0.1, 0.15) is 33.1 Å². The molecule has 0 spiro atoms. The van der Waals surface area contributed by atoms with Gasteiger partial charge < -0.3 is 14.8 Å². The molecule has 4 heteroatoms. The molecule has 0 aromatic heterocycles. The first kappa shape index (κ1) is 16.2. The third kappa shape index (κ3) is 3.94. The van der Waals surface area contributed by atoms with E-state index in [9.17, 15) is 0 Å². The largest absolute Gasteiger partial charge is 0.377 e. The summed E-state index contributed by atoms with van der Waals surface area (Å²) in [6.45, 7) is 8.90. The quantitative estimate of drug-likeness (QED) is 0.806. The van der Waals surface area contributed by atoms with Crippen LogP contribution in [0.25, 0.3) is 0 Å². The van der Waals surface area contributed by atoms with Crippen LogP contribution in [0.5, 0.6) is 0 Å². The summed E-state index contributed by atoms with van der Waals surface area (Å²) in [4.78, 5) is 2.54. The Morgan fingerprint density at radius 1 is 1.10 bits per heavy atom. The minimum atomic E-state index is 0.235. The van der Waals surface area contributed by atoms with Crippen molar-refractivity contribution in [2.45, 2.75) is 51.4 Å². The number of ether oxygens (including phenoxy) is 2. The molecule has 118 valence electrons. The predicted octanol–water partition coefficient (Wildman–Crippen LogP) is 1.75. The summed E-state index contributed by atoms with van der Waals surface area (Å²) in [6.07, 6.45) is 4.52. The van der Waals surface area contributed by atoms with Gasteiger partial charge in [-0.05, 0) is 37.6 Å². The van der Waals surface area contributed by atoms with E-state index < -0.39 is 0 Å². The van der Waals surface area contributed by atoms with Gasteiger partial charge in [0.25, 0.3) is 0 Å². The molecule has 5 atom stereocenters. The van der Waals surface area contributed by atoms with Gasteiger partial charge in [-0.3, -0.25) is 4.90 Å². The van der Waals surface area contributed by atoms with Crippen molar-refractivity contribution in [3.05, 3.63) is 0 Å². The van der Waals surface area contributed by atoms with E-state index in [1.807, 2.05) is 0 Å². The van der Waals surface area contributed by atoms with Crippen LogP contribution in [0.15, 0.2) is 0 Å². The van der Waals surface area contributed by atoms with E-state index in [1.54, 1.807) is 14.2 Å². The van der Waals surface area contributed by atoms with Crippen molar-refractivity contribution in [2.75, 3.05) is 40.4 Å². The zero-order chi connectivity index (χ0) is 14.5. The molecule has 2 aliphatic rings. The number of likely N-dealkylation sites (tertiary alicyclic amines) is 1. The van der Waals surface area contributed by atoms with Crippen LogP contribution in [0.2, 0.25) is 0 Å². The Bertz CT molecular complexity index is 276. The van der Waals surface area contributed by atoms with Gasteiger partial charge in [0.15, 0.2) is 0 Å². The van der Waals surface area contributed by atoms with Crippen LogP contribution in [0.3, 0.4) is 0 Å². The zero-order valence-corrected chi connectivity index (χ0v) is 13.6. The summed E-state index contributed by atoms with van der Waals surface area (Å²) < 4.78 is 11.1. The van der Waals surface area contributed by atoms with E-state index in [0.717, 1.165) is 31.5 Å². The van der Waals surface area contributed by atoms with Crippen LogP contribution in [0.4, 0.5) is 0 Å². The van der Waals surface area contributed by atoms with Gasteiger partial charge in [-0.2, -0.15) is 0 Å².